The fourth-order valence-corrected chi connectivity index (χ4v) is 1.12. The molecule has 0 aromatic heterocycles. The lowest BCUT2D eigenvalue weighted by Crippen LogP contribution is -2.15. The van der Waals surface area contributed by atoms with E-state index in [1.807, 2.05) is 6.08 Å². The summed E-state index contributed by atoms with van der Waals surface area (Å²) in [4.78, 5) is 11.5. The van der Waals surface area contributed by atoms with Crippen LogP contribution in [0.5, 0.6) is 0 Å². The van der Waals surface area contributed by atoms with Crippen LogP contribution in [0.1, 0.15) is 39.5 Å². The van der Waals surface area contributed by atoms with E-state index in [1.165, 1.54) is 0 Å². The predicted octanol–water partition coefficient (Wildman–Crippen LogP) is 2.01. The van der Waals surface area contributed by atoms with Gasteiger partial charge in [-0.25, -0.2) is 4.79 Å². The molecular weight excluding hydrogens is 178 g/mol. The van der Waals surface area contributed by atoms with Crippen LogP contribution >= 0.6 is 0 Å². The summed E-state index contributed by atoms with van der Waals surface area (Å²) in [5.74, 6) is -0.203. The summed E-state index contributed by atoms with van der Waals surface area (Å²) in [5, 5.41) is 0. The van der Waals surface area contributed by atoms with Gasteiger partial charge in [0.05, 0.1) is 0 Å². The smallest absolute Gasteiger partial charge is 0.333 e. The van der Waals surface area contributed by atoms with Crippen LogP contribution in [-0.2, 0) is 9.53 Å². The molecule has 14 heavy (non-hydrogen) atoms. The van der Waals surface area contributed by atoms with Crippen molar-refractivity contribution in [3.8, 4) is 0 Å². The van der Waals surface area contributed by atoms with Crippen molar-refractivity contribution in [2.75, 3.05) is 13.2 Å². The Hall–Kier alpha value is -0.830. The average Bonchev–Trinajstić information content (AvgIpc) is 2.20. The zero-order valence-electron chi connectivity index (χ0n) is 9.21. The first-order chi connectivity index (χ1) is 6.76. The van der Waals surface area contributed by atoms with Crippen LogP contribution in [0.4, 0.5) is 0 Å². The molecule has 0 saturated carbocycles. The lowest BCUT2D eigenvalue weighted by atomic mass is 10.1. The SMILES string of the molecule is CCCC=C(CCC)C(=O)OCCN. The minimum Gasteiger partial charge on any atom is -0.461 e. The highest BCUT2D eigenvalue weighted by atomic mass is 16.5. The quantitative estimate of drug-likeness (QED) is 0.504. The number of esters is 1. The second-order valence-electron chi connectivity index (χ2n) is 3.19. The van der Waals surface area contributed by atoms with Crippen LogP contribution in [0.15, 0.2) is 11.6 Å². The van der Waals surface area contributed by atoms with Crippen LogP contribution in [0.3, 0.4) is 0 Å². The Labute approximate surface area is 86.3 Å². The maximum atomic E-state index is 11.5. The maximum Gasteiger partial charge on any atom is 0.333 e. The summed E-state index contributed by atoms with van der Waals surface area (Å²) < 4.78 is 4.97. The minimum atomic E-state index is -0.203. The lowest BCUT2D eigenvalue weighted by molar-refractivity contribution is -0.138. The molecule has 0 aliphatic heterocycles. The molecule has 0 saturated heterocycles. The first-order valence-corrected chi connectivity index (χ1v) is 5.32. The summed E-state index contributed by atoms with van der Waals surface area (Å²) in [6, 6.07) is 0. The lowest BCUT2D eigenvalue weighted by Gasteiger charge is -2.06. The van der Waals surface area contributed by atoms with Gasteiger partial charge >= 0.3 is 5.97 Å². The normalized spacial score (nSPS) is 11.5. The van der Waals surface area contributed by atoms with E-state index in [4.69, 9.17) is 10.5 Å². The Balaban J connectivity index is 4.10. The number of hydrogen-bond donors (Lipinski definition) is 1. The van der Waals surface area contributed by atoms with Gasteiger partial charge in [0.15, 0.2) is 0 Å². The highest BCUT2D eigenvalue weighted by Gasteiger charge is 2.08. The van der Waals surface area contributed by atoms with Gasteiger partial charge in [-0.1, -0.05) is 32.8 Å². The molecule has 3 nitrogen and oxygen atoms in total. The topological polar surface area (TPSA) is 52.3 Å². The Kier molecular flexibility index (Phi) is 8.24. The summed E-state index contributed by atoms with van der Waals surface area (Å²) >= 11 is 0. The molecule has 0 amide bonds. The predicted molar refractivity (Wildman–Crippen MR) is 57.9 cm³/mol. The van der Waals surface area contributed by atoms with Crippen molar-refractivity contribution in [2.24, 2.45) is 5.73 Å². The first-order valence-electron chi connectivity index (χ1n) is 5.32. The van der Waals surface area contributed by atoms with Gasteiger partial charge in [0.1, 0.15) is 6.61 Å². The average molecular weight is 199 g/mol. The van der Waals surface area contributed by atoms with Crippen molar-refractivity contribution in [3.05, 3.63) is 11.6 Å². The molecule has 0 aliphatic carbocycles. The zero-order chi connectivity index (χ0) is 10.8. The Morgan fingerprint density at radius 3 is 2.57 bits per heavy atom. The molecule has 0 unspecified atom stereocenters. The Morgan fingerprint density at radius 2 is 2.07 bits per heavy atom. The molecule has 3 heteroatoms. The highest BCUT2D eigenvalue weighted by Crippen LogP contribution is 2.09. The maximum absolute atomic E-state index is 11.5. The number of carbonyl (C=O) groups excluding carboxylic acids is 1. The first kappa shape index (κ1) is 13.2. The van der Waals surface area contributed by atoms with Gasteiger partial charge in [-0.05, 0) is 12.8 Å². The molecule has 0 heterocycles. The van der Waals surface area contributed by atoms with Gasteiger partial charge in [-0.15, -0.1) is 0 Å². The molecule has 82 valence electrons. The van der Waals surface area contributed by atoms with Crippen molar-refractivity contribution in [1.29, 1.82) is 0 Å². The number of ether oxygens (including phenoxy) is 1. The van der Waals surface area contributed by atoms with E-state index in [2.05, 4.69) is 13.8 Å². The number of hydrogen-bond acceptors (Lipinski definition) is 3. The number of rotatable bonds is 7. The van der Waals surface area contributed by atoms with Crippen molar-refractivity contribution in [1.82, 2.24) is 0 Å². The van der Waals surface area contributed by atoms with E-state index in [1.54, 1.807) is 0 Å². The molecule has 0 bridgehead atoms. The third-order valence-corrected chi connectivity index (χ3v) is 1.81. The molecular formula is C11H21NO2. The van der Waals surface area contributed by atoms with Crippen LogP contribution in [0, 0.1) is 0 Å². The molecule has 0 spiro atoms. The highest BCUT2D eigenvalue weighted by molar-refractivity contribution is 5.88. The second kappa shape index (κ2) is 8.75. The van der Waals surface area contributed by atoms with E-state index in [-0.39, 0.29) is 5.97 Å². The monoisotopic (exact) mass is 199 g/mol. The standard InChI is InChI=1S/C11H21NO2/c1-3-5-7-10(6-4-2)11(13)14-9-8-12/h7H,3-6,8-9,12H2,1-2H3. The van der Waals surface area contributed by atoms with Crippen LogP contribution in [0.2, 0.25) is 0 Å². The van der Waals surface area contributed by atoms with Crippen molar-refractivity contribution < 1.29 is 9.53 Å². The summed E-state index contributed by atoms with van der Waals surface area (Å²) in [5.41, 5.74) is 6.05. The summed E-state index contributed by atoms with van der Waals surface area (Å²) in [6.07, 6.45) is 5.73. The van der Waals surface area contributed by atoms with Gasteiger partial charge < -0.3 is 10.5 Å². The van der Waals surface area contributed by atoms with Crippen molar-refractivity contribution >= 4 is 5.97 Å². The van der Waals surface area contributed by atoms with Gasteiger partial charge in [-0.2, -0.15) is 0 Å². The zero-order valence-corrected chi connectivity index (χ0v) is 9.21. The molecule has 0 aliphatic rings. The molecule has 0 radical (unpaired) electrons. The van der Waals surface area contributed by atoms with Crippen molar-refractivity contribution in [3.63, 3.8) is 0 Å². The van der Waals surface area contributed by atoms with Gasteiger partial charge in [-0.3, -0.25) is 0 Å². The van der Waals surface area contributed by atoms with Crippen LogP contribution in [-0.4, -0.2) is 19.1 Å². The van der Waals surface area contributed by atoms with E-state index in [0.29, 0.717) is 13.2 Å². The van der Waals surface area contributed by atoms with E-state index < -0.39 is 0 Å². The molecule has 0 fully saturated rings. The number of nitrogens with two attached hydrogens (primary N) is 1. The van der Waals surface area contributed by atoms with Gasteiger partial charge in [0.25, 0.3) is 0 Å². The summed E-state index contributed by atoms with van der Waals surface area (Å²) in [7, 11) is 0. The van der Waals surface area contributed by atoms with E-state index in [0.717, 1.165) is 31.3 Å². The molecule has 0 atom stereocenters. The second-order valence-corrected chi connectivity index (χ2v) is 3.19. The Bertz CT molecular complexity index is 188. The number of allylic oxidation sites excluding steroid dienone is 1. The molecule has 0 aromatic carbocycles. The van der Waals surface area contributed by atoms with Crippen molar-refractivity contribution in [2.45, 2.75) is 39.5 Å². The van der Waals surface area contributed by atoms with Gasteiger partial charge in [0, 0.05) is 12.1 Å². The fraction of sp³-hybridized carbons (Fsp3) is 0.727. The minimum absolute atomic E-state index is 0.203. The van der Waals surface area contributed by atoms with E-state index in [9.17, 15) is 4.79 Å². The van der Waals surface area contributed by atoms with Crippen LogP contribution < -0.4 is 5.73 Å². The third-order valence-electron chi connectivity index (χ3n) is 1.81. The van der Waals surface area contributed by atoms with Crippen LogP contribution in [0.25, 0.3) is 0 Å². The fourth-order valence-electron chi connectivity index (χ4n) is 1.12. The van der Waals surface area contributed by atoms with E-state index >= 15 is 0 Å². The summed E-state index contributed by atoms with van der Waals surface area (Å²) in [6.45, 7) is 4.84. The largest absolute Gasteiger partial charge is 0.461 e. The molecule has 2 N–H and O–H groups in total. The number of unbranched alkanes of at least 4 members (excludes halogenated alkanes) is 1. The molecule has 0 rings (SSSR count). The third kappa shape index (κ3) is 5.75. The molecule has 0 aromatic rings. The number of carbonyl (C=O) groups is 1. The Morgan fingerprint density at radius 1 is 1.36 bits per heavy atom. The van der Waals surface area contributed by atoms with Gasteiger partial charge in [0.2, 0.25) is 0 Å².